The molecule has 0 unspecified atom stereocenters. The van der Waals surface area contributed by atoms with Crippen molar-refractivity contribution in [2.75, 3.05) is 13.1 Å². The predicted molar refractivity (Wildman–Crippen MR) is 74.7 cm³/mol. The maximum atomic E-state index is 6.13. The molecule has 1 saturated heterocycles. The van der Waals surface area contributed by atoms with Crippen LogP contribution in [0.2, 0.25) is 0 Å². The minimum Gasteiger partial charge on any atom is -0.490 e. The van der Waals surface area contributed by atoms with Gasteiger partial charge in [-0.15, -0.1) is 0 Å². The van der Waals surface area contributed by atoms with Crippen LogP contribution in [-0.2, 0) is 6.42 Å². The number of piperidine rings is 1. The van der Waals surface area contributed by atoms with Crippen LogP contribution in [0.5, 0.6) is 5.75 Å². The summed E-state index contributed by atoms with van der Waals surface area (Å²) in [6.45, 7) is 4.35. The second-order valence-corrected chi connectivity index (χ2v) is 5.48. The van der Waals surface area contributed by atoms with E-state index in [1.165, 1.54) is 5.56 Å². The second kappa shape index (κ2) is 6.41. The van der Waals surface area contributed by atoms with Crippen molar-refractivity contribution in [2.24, 2.45) is 0 Å². The molecule has 0 aromatic heterocycles. The van der Waals surface area contributed by atoms with E-state index in [0.717, 1.165) is 49.0 Å². The van der Waals surface area contributed by atoms with Crippen LogP contribution in [0, 0.1) is 0 Å². The van der Waals surface area contributed by atoms with Gasteiger partial charge in [0, 0.05) is 4.47 Å². The first-order valence-corrected chi connectivity index (χ1v) is 7.24. The van der Waals surface area contributed by atoms with Crippen LogP contribution in [0.3, 0.4) is 0 Å². The quantitative estimate of drug-likeness (QED) is 0.918. The summed E-state index contributed by atoms with van der Waals surface area (Å²) in [5, 5.41) is 3.36. The number of rotatable bonds is 4. The van der Waals surface area contributed by atoms with Gasteiger partial charge >= 0.3 is 0 Å². The van der Waals surface area contributed by atoms with Crippen molar-refractivity contribution in [1.29, 1.82) is 0 Å². The second-order valence-electron chi connectivity index (χ2n) is 4.57. The molecule has 1 aliphatic rings. The molecule has 1 N–H and O–H groups in total. The van der Waals surface area contributed by atoms with Crippen LogP contribution in [0.1, 0.15) is 31.7 Å². The highest BCUT2D eigenvalue weighted by Gasteiger charge is 2.15. The van der Waals surface area contributed by atoms with Gasteiger partial charge in [-0.2, -0.15) is 0 Å². The first-order chi connectivity index (χ1) is 8.29. The number of ether oxygens (including phenoxy) is 1. The van der Waals surface area contributed by atoms with Crippen LogP contribution < -0.4 is 10.1 Å². The maximum absolute atomic E-state index is 6.13. The molecule has 17 heavy (non-hydrogen) atoms. The van der Waals surface area contributed by atoms with Crippen molar-refractivity contribution in [2.45, 2.75) is 38.7 Å². The van der Waals surface area contributed by atoms with Gasteiger partial charge in [0.2, 0.25) is 0 Å². The minimum atomic E-state index is 0.382. The van der Waals surface area contributed by atoms with Crippen molar-refractivity contribution in [3.8, 4) is 5.75 Å². The summed E-state index contributed by atoms with van der Waals surface area (Å²) in [7, 11) is 0. The van der Waals surface area contributed by atoms with Crippen LogP contribution >= 0.6 is 15.9 Å². The Balaban J connectivity index is 2.07. The van der Waals surface area contributed by atoms with E-state index in [1.54, 1.807) is 0 Å². The molecule has 94 valence electrons. The average Bonchev–Trinajstić information content (AvgIpc) is 2.34. The molecule has 0 saturated carbocycles. The Bertz CT molecular complexity index is 361. The fourth-order valence-electron chi connectivity index (χ4n) is 2.22. The number of halogens is 1. The topological polar surface area (TPSA) is 21.3 Å². The molecular weight excluding hydrogens is 278 g/mol. The fourth-order valence-corrected chi connectivity index (χ4v) is 2.63. The maximum Gasteiger partial charge on any atom is 0.122 e. The lowest BCUT2D eigenvalue weighted by Gasteiger charge is -2.25. The predicted octanol–water partition coefficient (Wildman–Crippen LogP) is 3.53. The lowest BCUT2D eigenvalue weighted by atomic mass is 10.1. The summed E-state index contributed by atoms with van der Waals surface area (Å²) < 4.78 is 7.27. The van der Waals surface area contributed by atoms with Crippen LogP contribution in [0.15, 0.2) is 22.7 Å². The molecule has 0 aliphatic carbocycles. The van der Waals surface area contributed by atoms with Gasteiger partial charge < -0.3 is 10.1 Å². The SMILES string of the molecule is CCCc1cc(Br)ccc1OC1CCNCC1. The summed E-state index contributed by atoms with van der Waals surface area (Å²) in [4.78, 5) is 0. The highest BCUT2D eigenvalue weighted by molar-refractivity contribution is 9.10. The van der Waals surface area contributed by atoms with Crippen molar-refractivity contribution in [3.05, 3.63) is 28.2 Å². The van der Waals surface area contributed by atoms with E-state index in [4.69, 9.17) is 4.74 Å². The van der Waals surface area contributed by atoms with Crippen LogP contribution in [0.25, 0.3) is 0 Å². The summed E-state index contributed by atoms with van der Waals surface area (Å²) in [6, 6.07) is 6.34. The highest BCUT2D eigenvalue weighted by Crippen LogP contribution is 2.26. The summed E-state index contributed by atoms with van der Waals surface area (Å²) in [5.41, 5.74) is 1.32. The lowest BCUT2D eigenvalue weighted by Crippen LogP contribution is -2.34. The molecule has 3 heteroatoms. The van der Waals surface area contributed by atoms with Crippen LogP contribution in [0.4, 0.5) is 0 Å². The molecule has 1 aliphatic heterocycles. The minimum absolute atomic E-state index is 0.382. The summed E-state index contributed by atoms with van der Waals surface area (Å²) in [6.07, 6.45) is 4.84. The van der Waals surface area contributed by atoms with Gasteiger partial charge in [0.05, 0.1) is 0 Å². The van der Waals surface area contributed by atoms with Crippen molar-refractivity contribution in [3.63, 3.8) is 0 Å². The van der Waals surface area contributed by atoms with Crippen molar-refractivity contribution in [1.82, 2.24) is 5.32 Å². The van der Waals surface area contributed by atoms with E-state index in [-0.39, 0.29) is 0 Å². The Morgan fingerprint density at radius 2 is 2.12 bits per heavy atom. The Labute approximate surface area is 112 Å². The van der Waals surface area contributed by atoms with Crippen molar-refractivity contribution < 1.29 is 4.74 Å². The zero-order valence-electron chi connectivity index (χ0n) is 10.3. The number of hydrogen-bond donors (Lipinski definition) is 1. The molecular formula is C14H20BrNO. The van der Waals surface area contributed by atoms with Gasteiger partial charge in [0.1, 0.15) is 11.9 Å². The largest absolute Gasteiger partial charge is 0.490 e. The zero-order chi connectivity index (χ0) is 12.1. The van der Waals surface area contributed by atoms with Gasteiger partial charge in [0.25, 0.3) is 0 Å². The third kappa shape index (κ3) is 3.71. The molecule has 2 rings (SSSR count). The number of nitrogens with one attached hydrogen (secondary N) is 1. The van der Waals surface area contributed by atoms with Gasteiger partial charge in [-0.3, -0.25) is 0 Å². The smallest absolute Gasteiger partial charge is 0.122 e. The lowest BCUT2D eigenvalue weighted by molar-refractivity contribution is 0.161. The molecule has 0 spiro atoms. The summed E-state index contributed by atoms with van der Waals surface area (Å²) >= 11 is 3.53. The van der Waals surface area contributed by atoms with E-state index in [0.29, 0.717) is 6.10 Å². The highest BCUT2D eigenvalue weighted by atomic mass is 79.9. The van der Waals surface area contributed by atoms with E-state index in [9.17, 15) is 0 Å². The molecule has 1 heterocycles. The molecule has 0 amide bonds. The Hall–Kier alpha value is -0.540. The first kappa shape index (κ1) is 12.9. The monoisotopic (exact) mass is 297 g/mol. The molecule has 1 fully saturated rings. The molecule has 0 atom stereocenters. The molecule has 0 bridgehead atoms. The Morgan fingerprint density at radius 3 is 2.82 bits per heavy atom. The number of aryl methyl sites for hydroxylation is 1. The third-order valence-electron chi connectivity index (χ3n) is 3.12. The van der Waals surface area contributed by atoms with E-state index >= 15 is 0 Å². The van der Waals surface area contributed by atoms with Gasteiger partial charge in [0.15, 0.2) is 0 Å². The van der Waals surface area contributed by atoms with Crippen LogP contribution in [-0.4, -0.2) is 19.2 Å². The molecule has 0 radical (unpaired) electrons. The number of benzene rings is 1. The zero-order valence-corrected chi connectivity index (χ0v) is 11.9. The van der Waals surface area contributed by atoms with E-state index in [2.05, 4.69) is 46.4 Å². The van der Waals surface area contributed by atoms with Gasteiger partial charge in [-0.25, -0.2) is 0 Å². The molecule has 1 aromatic carbocycles. The fraction of sp³-hybridized carbons (Fsp3) is 0.571. The van der Waals surface area contributed by atoms with E-state index < -0.39 is 0 Å². The van der Waals surface area contributed by atoms with Gasteiger partial charge in [-0.1, -0.05) is 29.3 Å². The van der Waals surface area contributed by atoms with E-state index in [1.807, 2.05) is 0 Å². The Morgan fingerprint density at radius 1 is 1.35 bits per heavy atom. The standard InChI is InChI=1S/C14H20BrNO/c1-2-3-11-10-12(15)4-5-14(11)17-13-6-8-16-9-7-13/h4-5,10,13,16H,2-3,6-9H2,1H3. The van der Waals surface area contributed by atoms with Crippen molar-refractivity contribution >= 4 is 15.9 Å². The normalized spacial score (nSPS) is 17.1. The summed E-state index contributed by atoms with van der Waals surface area (Å²) in [5.74, 6) is 1.07. The molecule has 1 aromatic rings. The Kier molecular flexibility index (Phi) is 4.86. The molecule has 2 nitrogen and oxygen atoms in total. The number of hydrogen-bond acceptors (Lipinski definition) is 2. The average molecular weight is 298 g/mol. The first-order valence-electron chi connectivity index (χ1n) is 6.45. The third-order valence-corrected chi connectivity index (χ3v) is 3.61. The van der Waals surface area contributed by atoms with Gasteiger partial charge in [-0.05, 0) is 56.1 Å².